The SMILES string of the molecule is COC(=O)c1ccc(OCC(=O)N2CCCCC2)c(N)c1. The number of methoxy groups -OCH3 is 1. The largest absolute Gasteiger partial charge is 0.482 e. The Balaban J connectivity index is 1.93. The van der Waals surface area contributed by atoms with Crippen molar-refractivity contribution in [2.75, 3.05) is 32.5 Å². The monoisotopic (exact) mass is 292 g/mol. The summed E-state index contributed by atoms with van der Waals surface area (Å²) in [6.45, 7) is 1.54. The predicted molar refractivity (Wildman–Crippen MR) is 78.1 cm³/mol. The molecule has 1 aromatic rings. The maximum Gasteiger partial charge on any atom is 0.337 e. The first-order valence-electron chi connectivity index (χ1n) is 7.00. The van der Waals surface area contributed by atoms with Crippen molar-refractivity contribution in [1.29, 1.82) is 0 Å². The van der Waals surface area contributed by atoms with Gasteiger partial charge in [-0.3, -0.25) is 4.79 Å². The zero-order valence-electron chi connectivity index (χ0n) is 12.1. The molecule has 2 N–H and O–H groups in total. The first-order chi connectivity index (χ1) is 10.1. The van der Waals surface area contributed by atoms with Gasteiger partial charge < -0.3 is 20.1 Å². The van der Waals surface area contributed by atoms with Crippen LogP contribution in [0.1, 0.15) is 29.6 Å². The van der Waals surface area contributed by atoms with Crippen molar-refractivity contribution >= 4 is 17.6 Å². The maximum absolute atomic E-state index is 12.0. The summed E-state index contributed by atoms with van der Waals surface area (Å²) >= 11 is 0. The van der Waals surface area contributed by atoms with E-state index in [9.17, 15) is 9.59 Å². The second kappa shape index (κ2) is 6.97. The highest BCUT2D eigenvalue weighted by Gasteiger charge is 2.17. The summed E-state index contributed by atoms with van der Waals surface area (Å²) in [6, 6.07) is 4.61. The van der Waals surface area contributed by atoms with Crippen molar-refractivity contribution < 1.29 is 19.1 Å². The molecule has 6 heteroatoms. The molecule has 0 aromatic heterocycles. The van der Waals surface area contributed by atoms with Gasteiger partial charge in [0.15, 0.2) is 6.61 Å². The molecule has 1 aliphatic rings. The number of piperidine rings is 1. The van der Waals surface area contributed by atoms with Gasteiger partial charge in [-0.1, -0.05) is 0 Å². The lowest BCUT2D eigenvalue weighted by Gasteiger charge is -2.26. The lowest BCUT2D eigenvalue weighted by atomic mass is 10.1. The van der Waals surface area contributed by atoms with Gasteiger partial charge in [0.2, 0.25) is 0 Å². The van der Waals surface area contributed by atoms with E-state index in [2.05, 4.69) is 4.74 Å². The molecule has 0 atom stereocenters. The van der Waals surface area contributed by atoms with Crippen LogP contribution in [0.3, 0.4) is 0 Å². The smallest absolute Gasteiger partial charge is 0.337 e. The molecule has 0 aliphatic carbocycles. The summed E-state index contributed by atoms with van der Waals surface area (Å²) in [4.78, 5) is 25.2. The number of benzene rings is 1. The minimum Gasteiger partial charge on any atom is -0.482 e. The van der Waals surface area contributed by atoms with Crippen LogP contribution >= 0.6 is 0 Å². The van der Waals surface area contributed by atoms with Gasteiger partial charge in [-0.15, -0.1) is 0 Å². The van der Waals surface area contributed by atoms with Crippen LogP contribution in [0.15, 0.2) is 18.2 Å². The Kier molecular flexibility index (Phi) is 5.03. The van der Waals surface area contributed by atoms with E-state index in [0.717, 1.165) is 25.9 Å². The van der Waals surface area contributed by atoms with Gasteiger partial charge in [-0.05, 0) is 37.5 Å². The number of likely N-dealkylation sites (tertiary alicyclic amines) is 1. The van der Waals surface area contributed by atoms with Crippen LogP contribution in [0.5, 0.6) is 5.75 Å². The fourth-order valence-electron chi connectivity index (χ4n) is 2.30. The Morgan fingerprint density at radius 2 is 1.95 bits per heavy atom. The molecule has 0 spiro atoms. The number of carbonyl (C=O) groups excluding carboxylic acids is 2. The number of hydrogen-bond acceptors (Lipinski definition) is 5. The van der Waals surface area contributed by atoms with Gasteiger partial charge in [0.05, 0.1) is 18.4 Å². The van der Waals surface area contributed by atoms with Gasteiger partial charge in [0.25, 0.3) is 5.91 Å². The Labute approximate surface area is 123 Å². The highest BCUT2D eigenvalue weighted by molar-refractivity contribution is 5.91. The van der Waals surface area contributed by atoms with E-state index in [4.69, 9.17) is 10.5 Å². The van der Waals surface area contributed by atoms with E-state index in [0.29, 0.717) is 17.0 Å². The summed E-state index contributed by atoms with van der Waals surface area (Å²) in [7, 11) is 1.31. The van der Waals surface area contributed by atoms with E-state index in [-0.39, 0.29) is 12.5 Å². The van der Waals surface area contributed by atoms with Crippen molar-refractivity contribution in [3.8, 4) is 5.75 Å². The van der Waals surface area contributed by atoms with E-state index < -0.39 is 5.97 Å². The minimum absolute atomic E-state index is 0.0360. The molecule has 0 saturated carbocycles. The van der Waals surface area contributed by atoms with Crippen LogP contribution in [-0.2, 0) is 9.53 Å². The molecule has 1 fully saturated rings. The molecule has 1 amide bonds. The third-order valence-corrected chi connectivity index (χ3v) is 3.49. The number of carbonyl (C=O) groups is 2. The molecular formula is C15H20N2O4. The average molecular weight is 292 g/mol. The summed E-state index contributed by atoms with van der Waals surface area (Å²) in [6.07, 6.45) is 3.26. The van der Waals surface area contributed by atoms with Gasteiger partial charge >= 0.3 is 5.97 Å². The topological polar surface area (TPSA) is 81.9 Å². The first kappa shape index (κ1) is 15.2. The molecule has 1 aromatic carbocycles. The second-order valence-electron chi connectivity index (χ2n) is 4.97. The van der Waals surface area contributed by atoms with Crippen molar-refractivity contribution in [2.24, 2.45) is 0 Å². The molecule has 1 saturated heterocycles. The standard InChI is InChI=1S/C15H20N2O4/c1-20-15(19)11-5-6-13(12(16)9-11)21-10-14(18)17-7-3-2-4-8-17/h5-6,9H,2-4,7-8,10,16H2,1H3. The molecule has 1 aliphatic heterocycles. The number of esters is 1. The fraction of sp³-hybridized carbons (Fsp3) is 0.467. The van der Waals surface area contributed by atoms with Crippen LogP contribution in [0, 0.1) is 0 Å². The Hall–Kier alpha value is -2.24. The van der Waals surface area contributed by atoms with Crippen molar-refractivity contribution in [3.63, 3.8) is 0 Å². The summed E-state index contributed by atoms with van der Waals surface area (Å²) in [5.41, 5.74) is 6.48. The zero-order chi connectivity index (χ0) is 15.2. The van der Waals surface area contributed by atoms with Gasteiger partial charge in [0, 0.05) is 13.1 Å². The number of rotatable bonds is 4. The van der Waals surface area contributed by atoms with Crippen molar-refractivity contribution in [3.05, 3.63) is 23.8 Å². The van der Waals surface area contributed by atoms with E-state index in [1.807, 2.05) is 4.90 Å². The molecule has 21 heavy (non-hydrogen) atoms. The van der Waals surface area contributed by atoms with Crippen molar-refractivity contribution in [2.45, 2.75) is 19.3 Å². The molecule has 0 unspecified atom stereocenters. The van der Waals surface area contributed by atoms with Crippen LogP contribution in [-0.4, -0.2) is 43.6 Å². The lowest BCUT2D eigenvalue weighted by Crippen LogP contribution is -2.38. The van der Waals surface area contributed by atoms with Crippen LogP contribution in [0.2, 0.25) is 0 Å². The summed E-state index contributed by atoms with van der Waals surface area (Å²) < 4.78 is 10.1. The minimum atomic E-state index is -0.461. The number of nitrogens with zero attached hydrogens (tertiary/aromatic N) is 1. The molecule has 2 rings (SSSR count). The Morgan fingerprint density at radius 1 is 1.24 bits per heavy atom. The van der Waals surface area contributed by atoms with E-state index in [1.165, 1.54) is 19.6 Å². The molecule has 0 radical (unpaired) electrons. The second-order valence-corrected chi connectivity index (χ2v) is 4.97. The third-order valence-electron chi connectivity index (χ3n) is 3.49. The number of ether oxygens (including phenoxy) is 2. The quantitative estimate of drug-likeness (QED) is 0.671. The van der Waals surface area contributed by atoms with E-state index >= 15 is 0 Å². The number of hydrogen-bond donors (Lipinski definition) is 1. The number of amides is 1. The molecule has 1 heterocycles. The maximum atomic E-state index is 12.0. The molecular weight excluding hydrogens is 272 g/mol. The van der Waals surface area contributed by atoms with Gasteiger partial charge in [-0.2, -0.15) is 0 Å². The normalized spacial score (nSPS) is 14.6. The number of nitrogen functional groups attached to an aromatic ring is 1. The van der Waals surface area contributed by atoms with Crippen molar-refractivity contribution in [1.82, 2.24) is 4.90 Å². The molecule has 0 bridgehead atoms. The third kappa shape index (κ3) is 3.87. The van der Waals surface area contributed by atoms with Crippen LogP contribution < -0.4 is 10.5 Å². The highest BCUT2D eigenvalue weighted by Crippen LogP contribution is 2.23. The highest BCUT2D eigenvalue weighted by atomic mass is 16.5. The van der Waals surface area contributed by atoms with Crippen LogP contribution in [0.25, 0.3) is 0 Å². The summed E-state index contributed by atoms with van der Waals surface area (Å²) in [5, 5.41) is 0. The number of nitrogens with two attached hydrogens (primary N) is 1. The molecule has 114 valence electrons. The van der Waals surface area contributed by atoms with Crippen LogP contribution in [0.4, 0.5) is 5.69 Å². The first-order valence-corrected chi connectivity index (χ1v) is 7.00. The summed E-state index contributed by atoms with van der Waals surface area (Å²) in [5.74, 6) is -0.100. The van der Waals surface area contributed by atoms with Gasteiger partial charge in [-0.25, -0.2) is 4.79 Å². The average Bonchev–Trinajstić information content (AvgIpc) is 2.53. The Morgan fingerprint density at radius 3 is 2.57 bits per heavy atom. The predicted octanol–water partition coefficient (Wildman–Crippen LogP) is 1.45. The molecule has 6 nitrogen and oxygen atoms in total. The number of anilines is 1. The lowest BCUT2D eigenvalue weighted by molar-refractivity contribution is -0.134. The Bertz CT molecular complexity index is 524. The van der Waals surface area contributed by atoms with Gasteiger partial charge in [0.1, 0.15) is 5.75 Å². The van der Waals surface area contributed by atoms with E-state index in [1.54, 1.807) is 12.1 Å². The zero-order valence-corrected chi connectivity index (χ0v) is 12.1. The fourth-order valence-corrected chi connectivity index (χ4v) is 2.30.